The first-order valence-electron chi connectivity index (χ1n) is 7.72. The number of aryl methyl sites for hydroxylation is 1. The van der Waals surface area contributed by atoms with E-state index >= 15 is 0 Å². The molecule has 1 fully saturated rings. The van der Waals surface area contributed by atoms with Crippen LogP contribution in [-0.4, -0.2) is 47.1 Å². The second-order valence-electron chi connectivity index (χ2n) is 6.11. The zero-order chi connectivity index (χ0) is 16.3. The van der Waals surface area contributed by atoms with Crippen LogP contribution in [0.1, 0.15) is 12.0 Å². The molecule has 1 aromatic heterocycles. The molecule has 1 aromatic carbocycles. The van der Waals surface area contributed by atoms with Crippen molar-refractivity contribution in [1.82, 2.24) is 14.7 Å². The van der Waals surface area contributed by atoms with E-state index in [0.29, 0.717) is 12.4 Å². The van der Waals surface area contributed by atoms with Crippen LogP contribution in [0.3, 0.4) is 0 Å². The Bertz CT molecular complexity index is 644. The average Bonchev–Trinajstić information content (AvgIpc) is 3.14. The van der Waals surface area contributed by atoms with Crippen molar-refractivity contribution in [3.05, 3.63) is 48.0 Å². The SMILES string of the molecule is COC1(COc2ccc(F)cc2)CCN(Cc2cnn(C)c2)C1. The molecule has 0 N–H and O–H groups in total. The monoisotopic (exact) mass is 319 g/mol. The third-order valence-corrected chi connectivity index (χ3v) is 4.31. The number of hydrogen-bond donors (Lipinski definition) is 0. The predicted octanol–water partition coefficient (Wildman–Crippen LogP) is 2.23. The van der Waals surface area contributed by atoms with Crippen LogP contribution in [0.15, 0.2) is 36.7 Å². The lowest BCUT2D eigenvalue weighted by molar-refractivity contribution is -0.0359. The molecule has 2 aromatic rings. The van der Waals surface area contributed by atoms with E-state index in [9.17, 15) is 4.39 Å². The highest BCUT2D eigenvalue weighted by Gasteiger charge is 2.39. The maximum atomic E-state index is 12.9. The van der Waals surface area contributed by atoms with E-state index in [1.165, 1.54) is 17.7 Å². The van der Waals surface area contributed by atoms with Gasteiger partial charge in [0.05, 0.1) is 6.20 Å². The van der Waals surface area contributed by atoms with E-state index in [1.54, 1.807) is 19.2 Å². The predicted molar refractivity (Wildman–Crippen MR) is 84.7 cm³/mol. The van der Waals surface area contributed by atoms with Crippen molar-refractivity contribution in [2.75, 3.05) is 26.8 Å². The number of rotatable bonds is 6. The van der Waals surface area contributed by atoms with Crippen molar-refractivity contribution >= 4 is 0 Å². The van der Waals surface area contributed by atoms with E-state index < -0.39 is 0 Å². The number of aromatic nitrogens is 2. The van der Waals surface area contributed by atoms with Crippen LogP contribution in [0.2, 0.25) is 0 Å². The number of nitrogens with zero attached hydrogens (tertiary/aromatic N) is 3. The van der Waals surface area contributed by atoms with Gasteiger partial charge in [-0.05, 0) is 30.7 Å². The molecular weight excluding hydrogens is 297 g/mol. The van der Waals surface area contributed by atoms with Crippen molar-refractivity contribution < 1.29 is 13.9 Å². The van der Waals surface area contributed by atoms with Crippen LogP contribution >= 0.6 is 0 Å². The standard InChI is InChI=1S/C17H22FN3O2/c1-20-10-14(9-19-20)11-21-8-7-17(12-21,22-2)13-23-16-5-3-15(18)4-6-16/h3-6,9-10H,7-8,11-13H2,1-2H3. The molecule has 0 radical (unpaired) electrons. The zero-order valence-electron chi connectivity index (χ0n) is 13.5. The minimum absolute atomic E-state index is 0.262. The average molecular weight is 319 g/mol. The Kier molecular flexibility index (Phi) is 4.63. The number of methoxy groups -OCH3 is 1. The quantitative estimate of drug-likeness (QED) is 0.818. The molecule has 0 saturated carbocycles. The van der Waals surface area contributed by atoms with E-state index in [-0.39, 0.29) is 11.4 Å². The van der Waals surface area contributed by atoms with Crippen molar-refractivity contribution in [2.45, 2.75) is 18.6 Å². The fourth-order valence-electron chi connectivity index (χ4n) is 2.96. The molecule has 1 atom stereocenters. The summed E-state index contributed by atoms with van der Waals surface area (Å²) in [6.45, 7) is 3.07. The summed E-state index contributed by atoms with van der Waals surface area (Å²) in [5, 5.41) is 4.20. The number of ether oxygens (including phenoxy) is 2. The highest BCUT2D eigenvalue weighted by Crippen LogP contribution is 2.27. The number of hydrogen-bond acceptors (Lipinski definition) is 4. The molecule has 1 saturated heterocycles. The van der Waals surface area contributed by atoms with Crippen molar-refractivity contribution in [3.63, 3.8) is 0 Å². The zero-order valence-corrected chi connectivity index (χ0v) is 13.5. The Balaban J connectivity index is 1.57. The Morgan fingerprint density at radius 1 is 1.30 bits per heavy atom. The van der Waals surface area contributed by atoms with Crippen LogP contribution in [0, 0.1) is 5.82 Å². The Hall–Kier alpha value is -1.92. The summed E-state index contributed by atoms with van der Waals surface area (Å²) in [7, 11) is 3.64. The van der Waals surface area contributed by atoms with Gasteiger partial charge in [0.15, 0.2) is 0 Å². The molecule has 1 unspecified atom stereocenters. The van der Waals surface area contributed by atoms with Crippen LogP contribution < -0.4 is 4.74 Å². The largest absolute Gasteiger partial charge is 0.491 e. The van der Waals surface area contributed by atoms with Gasteiger partial charge >= 0.3 is 0 Å². The van der Waals surface area contributed by atoms with Gasteiger partial charge in [0.25, 0.3) is 0 Å². The van der Waals surface area contributed by atoms with E-state index in [1.807, 2.05) is 24.1 Å². The third kappa shape index (κ3) is 3.89. The van der Waals surface area contributed by atoms with Gasteiger partial charge in [-0.25, -0.2) is 4.39 Å². The Morgan fingerprint density at radius 2 is 2.09 bits per heavy atom. The fraction of sp³-hybridized carbons (Fsp3) is 0.471. The summed E-state index contributed by atoms with van der Waals surface area (Å²) >= 11 is 0. The van der Waals surface area contributed by atoms with Gasteiger partial charge in [-0.2, -0.15) is 5.10 Å². The molecule has 1 aliphatic heterocycles. The lowest BCUT2D eigenvalue weighted by Gasteiger charge is -2.28. The summed E-state index contributed by atoms with van der Waals surface area (Å²) in [5.74, 6) is 0.399. The molecule has 23 heavy (non-hydrogen) atoms. The highest BCUT2D eigenvalue weighted by atomic mass is 19.1. The van der Waals surface area contributed by atoms with E-state index in [0.717, 1.165) is 26.1 Å². The minimum Gasteiger partial charge on any atom is -0.491 e. The molecule has 2 heterocycles. The molecule has 124 valence electrons. The maximum Gasteiger partial charge on any atom is 0.123 e. The van der Waals surface area contributed by atoms with Gasteiger partial charge in [0, 0.05) is 45.6 Å². The number of halogens is 1. The molecule has 0 spiro atoms. The van der Waals surface area contributed by atoms with E-state index in [4.69, 9.17) is 9.47 Å². The van der Waals surface area contributed by atoms with Gasteiger partial charge in [0.1, 0.15) is 23.8 Å². The first kappa shape index (κ1) is 16.0. The lowest BCUT2D eigenvalue weighted by atomic mass is 10.0. The number of likely N-dealkylation sites (tertiary alicyclic amines) is 1. The van der Waals surface area contributed by atoms with Crippen molar-refractivity contribution in [2.24, 2.45) is 7.05 Å². The van der Waals surface area contributed by atoms with Gasteiger partial charge in [-0.15, -0.1) is 0 Å². The first-order chi connectivity index (χ1) is 11.1. The summed E-state index contributed by atoms with van der Waals surface area (Å²) < 4.78 is 26.3. The minimum atomic E-state index is -0.323. The normalized spacial score (nSPS) is 21.7. The smallest absolute Gasteiger partial charge is 0.123 e. The van der Waals surface area contributed by atoms with Crippen LogP contribution in [0.4, 0.5) is 4.39 Å². The van der Waals surface area contributed by atoms with Gasteiger partial charge in [-0.1, -0.05) is 0 Å². The van der Waals surface area contributed by atoms with Crippen LogP contribution in [0.25, 0.3) is 0 Å². The van der Waals surface area contributed by atoms with Crippen LogP contribution in [-0.2, 0) is 18.3 Å². The number of benzene rings is 1. The van der Waals surface area contributed by atoms with Gasteiger partial charge in [0.2, 0.25) is 0 Å². The summed E-state index contributed by atoms with van der Waals surface area (Å²) in [4.78, 5) is 2.34. The molecule has 5 nitrogen and oxygen atoms in total. The van der Waals surface area contributed by atoms with Crippen LogP contribution in [0.5, 0.6) is 5.75 Å². The third-order valence-electron chi connectivity index (χ3n) is 4.31. The Morgan fingerprint density at radius 3 is 2.74 bits per heavy atom. The van der Waals surface area contributed by atoms with Gasteiger partial charge < -0.3 is 9.47 Å². The lowest BCUT2D eigenvalue weighted by Crippen LogP contribution is -2.41. The second-order valence-corrected chi connectivity index (χ2v) is 6.11. The first-order valence-corrected chi connectivity index (χ1v) is 7.72. The molecule has 0 bridgehead atoms. The second kappa shape index (κ2) is 6.68. The highest BCUT2D eigenvalue weighted by molar-refractivity contribution is 5.22. The summed E-state index contributed by atoms with van der Waals surface area (Å²) in [5.41, 5.74) is 0.871. The molecule has 0 amide bonds. The van der Waals surface area contributed by atoms with E-state index in [2.05, 4.69) is 10.00 Å². The van der Waals surface area contributed by atoms with Crippen molar-refractivity contribution in [3.8, 4) is 5.75 Å². The molecule has 0 aliphatic carbocycles. The summed E-state index contributed by atoms with van der Waals surface area (Å²) in [6.07, 6.45) is 4.83. The molecule has 1 aliphatic rings. The Labute approximate surface area is 135 Å². The van der Waals surface area contributed by atoms with Crippen molar-refractivity contribution in [1.29, 1.82) is 0 Å². The summed E-state index contributed by atoms with van der Waals surface area (Å²) in [6, 6.07) is 6.08. The topological polar surface area (TPSA) is 39.5 Å². The fourth-order valence-corrected chi connectivity index (χ4v) is 2.96. The molecular formula is C17H22FN3O2. The maximum absolute atomic E-state index is 12.9. The molecule has 3 rings (SSSR count). The molecule has 6 heteroatoms. The van der Waals surface area contributed by atoms with Gasteiger partial charge in [-0.3, -0.25) is 9.58 Å².